The van der Waals surface area contributed by atoms with Gasteiger partial charge in [0.25, 0.3) is 5.91 Å². The quantitative estimate of drug-likeness (QED) is 0.532. The first-order chi connectivity index (χ1) is 14.9. The van der Waals surface area contributed by atoms with E-state index in [9.17, 15) is 13.2 Å². The second-order valence-electron chi connectivity index (χ2n) is 7.05. The Morgan fingerprint density at radius 2 is 1.65 bits per heavy atom. The van der Waals surface area contributed by atoms with Crippen LogP contribution in [0.3, 0.4) is 0 Å². The topological polar surface area (TPSA) is 84.5 Å². The van der Waals surface area contributed by atoms with Crippen LogP contribution in [0, 0.1) is 6.92 Å². The first-order valence-corrected chi connectivity index (χ1v) is 11.5. The van der Waals surface area contributed by atoms with Crippen LogP contribution in [0.2, 0.25) is 0 Å². The molecule has 6 nitrogen and oxygen atoms in total. The largest absolute Gasteiger partial charge is 0.494 e. The molecule has 0 fully saturated rings. The van der Waals surface area contributed by atoms with Gasteiger partial charge in [0.15, 0.2) is 0 Å². The zero-order valence-corrected chi connectivity index (χ0v) is 18.4. The fraction of sp³-hybridized carbons (Fsp3) is 0.208. The third kappa shape index (κ3) is 6.16. The van der Waals surface area contributed by atoms with Gasteiger partial charge in [-0.25, -0.2) is 13.1 Å². The lowest BCUT2D eigenvalue weighted by atomic mass is 10.1. The van der Waals surface area contributed by atoms with Crippen molar-refractivity contribution in [3.63, 3.8) is 0 Å². The van der Waals surface area contributed by atoms with E-state index in [0.29, 0.717) is 18.7 Å². The Balaban J connectivity index is 1.70. The molecule has 0 spiro atoms. The van der Waals surface area contributed by atoms with Crippen LogP contribution in [0.25, 0.3) is 0 Å². The number of aryl methyl sites for hydroxylation is 1. The lowest BCUT2D eigenvalue weighted by molar-refractivity contribution is 0.0950. The highest BCUT2D eigenvalue weighted by Crippen LogP contribution is 2.18. The molecule has 0 aliphatic rings. The Kier molecular flexibility index (Phi) is 7.44. The van der Waals surface area contributed by atoms with Crippen LogP contribution >= 0.6 is 0 Å². The van der Waals surface area contributed by atoms with Crippen LogP contribution in [0.4, 0.5) is 0 Å². The van der Waals surface area contributed by atoms with Crippen LogP contribution < -0.4 is 14.8 Å². The summed E-state index contributed by atoms with van der Waals surface area (Å²) >= 11 is 0. The Hall–Kier alpha value is -3.16. The molecule has 0 radical (unpaired) electrons. The molecule has 162 valence electrons. The first-order valence-electron chi connectivity index (χ1n) is 10.0. The predicted octanol–water partition coefficient (Wildman–Crippen LogP) is 3.80. The highest BCUT2D eigenvalue weighted by Gasteiger charge is 2.19. The first kappa shape index (κ1) is 22.5. The number of hydrogen-bond acceptors (Lipinski definition) is 4. The van der Waals surface area contributed by atoms with Crippen molar-refractivity contribution in [2.45, 2.75) is 31.8 Å². The zero-order valence-electron chi connectivity index (χ0n) is 17.6. The van der Waals surface area contributed by atoms with Gasteiger partial charge in [-0.15, -0.1) is 0 Å². The third-order valence-electron chi connectivity index (χ3n) is 4.71. The van der Waals surface area contributed by atoms with Gasteiger partial charge in [0.05, 0.1) is 11.5 Å². The molecule has 3 aromatic rings. The average Bonchev–Trinajstić information content (AvgIpc) is 2.77. The minimum atomic E-state index is -3.77. The van der Waals surface area contributed by atoms with Gasteiger partial charge >= 0.3 is 0 Å². The van der Waals surface area contributed by atoms with Gasteiger partial charge in [-0.3, -0.25) is 4.79 Å². The molecule has 0 aliphatic heterocycles. The highest BCUT2D eigenvalue weighted by atomic mass is 32.2. The lowest BCUT2D eigenvalue weighted by Crippen LogP contribution is -2.26. The fourth-order valence-corrected chi connectivity index (χ4v) is 4.37. The molecule has 31 heavy (non-hydrogen) atoms. The smallest absolute Gasteiger partial charge is 0.251 e. The Morgan fingerprint density at radius 1 is 0.903 bits per heavy atom. The van der Waals surface area contributed by atoms with E-state index in [-0.39, 0.29) is 22.9 Å². The number of ether oxygens (including phenoxy) is 1. The summed E-state index contributed by atoms with van der Waals surface area (Å²) in [5.41, 5.74) is 2.60. The summed E-state index contributed by atoms with van der Waals surface area (Å²) < 4.78 is 33.7. The van der Waals surface area contributed by atoms with Crippen molar-refractivity contribution >= 4 is 15.9 Å². The van der Waals surface area contributed by atoms with E-state index >= 15 is 0 Å². The van der Waals surface area contributed by atoms with Crippen molar-refractivity contribution in [1.29, 1.82) is 0 Å². The number of amides is 1. The molecule has 0 aliphatic carbocycles. The normalized spacial score (nSPS) is 11.2. The van der Waals surface area contributed by atoms with Gasteiger partial charge < -0.3 is 10.1 Å². The summed E-state index contributed by atoms with van der Waals surface area (Å²) in [6, 6.07) is 21.4. The summed E-state index contributed by atoms with van der Waals surface area (Å²) in [5.74, 6) is 0.392. The number of benzene rings is 3. The van der Waals surface area contributed by atoms with Crippen molar-refractivity contribution in [3.8, 4) is 5.75 Å². The maximum absolute atomic E-state index is 12.8. The minimum absolute atomic E-state index is 0.0921. The van der Waals surface area contributed by atoms with Gasteiger partial charge in [-0.1, -0.05) is 48.5 Å². The predicted molar refractivity (Wildman–Crippen MR) is 120 cm³/mol. The molecule has 7 heteroatoms. The molecule has 0 heterocycles. The summed E-state index contributed by atoms with van der Waals surface area (Å²) in [6.45, 7) is 4.66. The lowest BCUT2D eigenvalue weighted by Gasteiger charge is -2.12. The van der Waals surface area contributed by atoms with E-state index in [4.69, 9.17) is 4.74 Å². The summed E-state index contributed by atoms with van der Waals surface area (Å²) in [4.78, 5) is 12.7. The number of hydrogen-bond donors (Lipinski definition) is 2. The van der Waals surface area contributed by atoms with Crippen molar-refractivity contribution in [2.75, 3.05) is 6.61 Å². The number of carbonyl (C=O) groups is 1. The van der Waals surface area contributed by atoms with E-state index in [1.165, 1.54) is 6.07 Å². The molecule has 0 bridgehead atoms. The van der Waals surface area contributed by atoms with Crippen LogP contribution in [0.5, 0.6) is 5.75 Å². The summed E-state index contributed by atoms with van der Waals surface area (Å²) in [6.07, 6.45) is 0. The van der Waals surface area contributed by atoms with Gasteiger partial charge in [0.2, 0.25) is 10.0 Å². The van der Waals surface area contributed by atoms with Crippen molar-refractivity contribution in [2.24, 2.45) is 0 Å². The number of carbonyl (C=O) groups excluding carboxylic acids is 1. The molecule has 3 rings (SSSR count). The second-order valence-corrected chi connectivity index (χ2v) is 8.79. The van der Waals surface area contributed by atoms with Gasteiger partial charge in [-0.2, -0.15) is 0 Å². The Bertz CT molecular complexity index is 1150. The van der Waals surface area contributed by atoms with Crippen LogP contribution in [-0.4, -0.2) is 20.9 Å². The van der Waals surface area contributed by atoms with Gasteiger partial charge in [0, 0.05) is 18.7 Å². The molecule has 2 N–H and O–H groups in total. The second kappa shape index (κ2) is 10.2. The standard InChI is InChI=1S/C24H26N2O4S/c1-3-30-22-11-7-10-20(14-22)16-25-24(27)21-13-12-18(2)23(15-21)31(28,29)26-17-19-8-5-4-6-9-19/h4-15,26H,3,16-17H2,1-2H3,(H,25,27). The van der Waals surface area contributed by atoms with Gasteiger partial charge in [-0.05, 0) is 54.8 Å². The maximum atomic E-state index is 12.8. The maximum Gasteiger partial charge on any atom is 0.251 e. The zero-order chi connectivity index (χ0) is 22.3. The van der Waals surface area contributed by atoms with E-state index in [0.717, 1.165) is 16.9 Å². The van der Waals surface area contributed by atoms with E-state index in [1.54, 1.807) is 19.1 Å². The van der Waals surface area contributed by atoms with E-state index in [2.05, 4.69) is 10.0 Å². The van der Waals surface area contributed by atoms with Crippen LogP contribution in [0.1, 0.15) is 34.0 Å². The van der Waals surface area contributed by atoms with Crippen molar-refractivity contribution < 1.29 is 17.9 Å². The Morgan fingerprint density at radius 3 is 2.39 bits per heavy atom. The van der Waals surface area contributed by atoms with E-state index < -0.39 is 10.0 Å². The molecule has 0 aromatic heterocycles. The molecule has 0 unspecified atom stereocenters. The van der Waals surface area contributed by atoms with Crippen molar-refractivity contribution in [1.82, 2.24) is 10.0 Å². The minimum Gasteiger partial charge on any atom is -0.494 e. The monoisotopic (exact) mass is 438 g/mol. The third-order valence-corrected chi connectivity index (χ3v) is 6.25. The highest BCUT2D eigenvalue weighted by molar-refractivity contribution is 7.89. The van der Waals surface area contributed by atoms with Gasteiger partial charge in [0.1, 0.15) is 5.75 Å². The summed E-state index contributed by atoms with van der Waals surface area (Å²) in [5, 5.41) is 2.83. The van der Waals surface area contributed by atoms with Crippen molar-refractivity contribution in [3.05, 3.63) is 95.1 Å². The molecule has 0 saturated heterocycles. The Labute approximate surface area is 183 Å². The molecule has 0 saturated carbocycles. The molecule has 1 amide bonds. The fourth-order valence-electron chi connectivity index (χ4n) is 3.08. The van der Waals surface area contributed by atoms with Crippen LogP contribution in [-0.2, 0) is 23.1 Å². The SMILES string of the molecule is CCOc1cccc(CNC(=O)c2ccc(C)c(S(=O)(=O)NCc3ccccc3)c2)c1. The molecular formula is C24H26N2O4S. The average molecular weight is 439 g/mol. The molecule has 3 aromatic carbocycles. The number of rotatable bonds is 9. The van der Waals surface area contributed by atoms with Crippen LogP contribution in [0.15, 0.2) is 77.7 Å². The van der Waals surface area contributed by atoms with E-state index in [1.807, 2.05) is 61.5 Å². The number of nitrogens with one attached hydrogen (secondary N) is 2. The molecular weight excluding hydrogens is 412 g/mol. The summed E-state index contributed by atoms with van der Waals surface area (Å²) in [7, 11) is -3.77. The number of sulfonamides is 1. The molecule has 0 atom stereocenters.